The Balaban J connectivity index is 2.16. The van der Waals surface area contributed by atoms with Gasteiger partial charge in [0.25, 0.3) is 11.2 Å². The van der Waals surface area contributed by atoms with Gasteiger partial charge in [-0.25, -0.2) is 4.98 Å². The number of nitrogens with zero attached hydrogens (tertiary/aromatic N) is 4. The van der Waals surface area contributed by atoms with E-state index in [1.54, 1.807) is 30.3 Å². The van der Waals surface area contributed by atoms with Gasteiger partial charge in [0.1, 0.15) is 6.07 Å². The summed E-state index contributed by atoms with van der Waals surface area (Å²) in [5.41, 5.74) is 0.316. The number of benzene rings is 2. The smallest absolute Gasteiger partial charge is 0.270 e. The maximum Gasteiger partial charge on any atom is 0.270 e. The van der Waals surface area contributed by atoms with Crippen LogP contribution >= 0.6 is 11.8 Å². The number of nitro benzene ring substituents is 1. The summed E-state index contributed by atoms with van der Waals surface area (Å²) < 4.78 is 1.46. The minimum Gasteiger partial charge on any atom is -0.283 e. The van der Waals surface area contributed by atoms with Crippen molar-refractivity contribution >= 4 is 28.4 Å². The molecule has 0 fully saturated rings. The van der Waals surface area contributed by atoms with E-state index in [-0.39, 0.29) is 23.4 Å². The maximum absolute atomic E-state index is 12.7. The summed E-state index contributed by atoms with van der Waals surface area (Å²) in [6, 6.07) is 13.0. The molecule has 1 heterocycles. The molecule has 7 nitrogen and oxygen atoms in total. The Morgan fingerprint density at radius 2 is 2.12 bits per heavy atom. The van der Waals surface area contributed by atoms with E-state index in [1.165, 1.54) is 22.8 Å². The summed E-state index contributed by atoms with van der Waals surface area (Å²) in [5, 5.41) is 21.1. The van der Waals surface area contributed by atoms with Crippen molar-refractivity contribution in [3.8, 4) is 6.07 Å². The highest BCUT2D eigenvalue weighted by Crippen LogP contribution is 2.31. The molecule has 0 aliphatic carbocycles. The van der Waals surface area contributed by atoms with E-state index in [9.17, 15) is 20.2 Å². The number of aromatic nitrogens is 2. The molecular weight excluding hydrogens is 352 g/mol. The third kappa shape index (κ3) is 3.20. The number of rotatable bonds is 5. The quantitative estimate of drug-likeness (QED) is 0.297. The molecule has 26 heavy (non-hydrogen) atoms. The molecule has 0 aliphatic rings. The van der Waals surface area contributed by atoms with Crippen LogP contribution in [0.4, 0.5) is 5.69 Å². The molecule has 3 rings (SSSR count). The summed E-state index contributed by atoms with van der Waals surface area (Å²) in [6.45, 7) is 3.92. The zero-order valence-electron chi connectivity index (χ0n) is 13.5. The maximum atomic E-state index is 12.7. The zero-order valence-corrected chi connectivity index (χ0v) is 14.3. The number of hydrogen-bond acceptors (Lipinski definition) is 6. The third-order valence-corrected chi connectivity index (χ3v) is 4.70. The van der Waals surface area contributed by atoms with Gasteiger partial charge in [0.2, 0.25) is 0 Å². The molecule has 8 heteroatoms. The summed E-state index contributed by atoms with van der Waals surface area (Å²) in [7, 11) is 0. The van der Waals surface area contributed by atoms with Crippen molar-refractivity contribution in [1.29, 1.82) is 5.26 Å². The van der Waals surface area contributed by atoms with E-state index >= 15 is 0 Å². The van der Waals surface area contributed by atoms with Gasteiger partial charge in [-0.3, -0.25) is 19.5 Å². The molecule has 0 saturated carbocycles. The van der Waals surface area contributed by atoms with Gasteiger partial charge < -0.3 is 0 Å². The Labute approximate surface area is 152 Å². The number of hydrogen-bond donors (Lipinski definition) is 0. The second-order valence-corrected chi connectivity index (χ2v) is 6.28. The first kappa shape index (κ1) is 17.4. The van der Waals surface area contributed by atoms with Crippen LogP contribution in [0, 0.1) is 21.4 Å². The molecule has 0 aliphatic heterocycles. The molecule has 0 atom stereocenters. The first-order valence-corrected chi connectivity index (χ1v) is 8.33. The summed E-state index contributed by atoms with van der Waals surface area (Å²) in [5.74, 6) is 0. The number of non-ortho nitro benzene ring substituents is 1. The van der Waals surface area contributed by atoms with Gasteiger partial charge in [0.05, 0.1) is 21.4 Å². The fourth-order valence-corrected chi connectivity index (χ4v) is 3.38. The molecule has 0 unspecified atom stereocenters. The van der Waals surface area contributed by atoms with Crippen molar-refractivity contribution in [2.75, 3.05) is 0 Å². The Hall–Kier alpha value is -3.44. The van der Waals surface area contributed by atoms with Crippen molar-refractivity contribution < 1.29 is 4.92 Å². The first-order valence-electron chi connectivity index (χ1n) is 7.52. The molecule has 2 aromatic carbocycles. The van der Waals surface area contributed by atoms with Crippen LogP contribution in [0.15, 0.2) is 70.0 Å². The molecule has 0 amide bonds. The normalized spacial score (nSPS) is 10.4. The summed E-state index contributed by atoms with van der Waals surface area (Å²) in [4.78, 5) is 28.1. The van der Waals surface area contributed by atoms with Crippen LogP contribution in [0.1, 0.15) is 5.56 Å². The summed E-state index contributed by atoms with van der Waals surface area (Å²) in [6.07, 6.45) is 1.59. The molecule has 0 spiro atoms. The van der Waals surface area contributed by atoms with Gasteiger partial charge in [-0.1, -0.05) is 30.0 Å². The molecule has 0 bridgehead atoms. The van der Waals surface area contributed by atoms with E-state index < -0.39 is 4.92 Å². The fourth-order valence-electron chi connectivity index (χ4n) is 2.42. The number of para-hydroxylation sites is 1. The topological polar surface area (TPSA) is 102 Å². The first-order chi connectivity index (χ1) is 12.5. The lowest BCUT2D eigenvalue weighted by Gasteiger charge is -2.12. The van der Waals surface area contributed by atoms with Gasteiger partial charge in [-0.15, -0.1) is 6.58 Å². The number of nitriles is 1. The predicted molar refractivity (Wildman–Crippen MR) is 98.1 cm³/mol. The minimum atomic E-state index is -0.558. The monoisotopic (exact) mass is 364 g/mol. The Kier molecular flexibility index (Phi) is 4.82. The van der Waals surface area contributed by atoms with E-state index in [2.05, 4.69) is 11.6 Å². The van der Waals surface area contributed by atoms with Gasteiger partial charge >= 0.3 is 0 Å². The van der Waals surface area contributed by atoms with Crippen molar-refractivity contribution in [3.05, 3.63) is 81.2 Å². The van der Waals surface area contributed by atoms with Gasteiger partial charge in [-0.05, 0) is 18.2 Å². The second kappa shape index (κ2) is 7.21. The van der Waals surface area contributed by atoms with Crippen LogP contribution in [0.5, 0.6) is 0 Å². The van der Waals surface area contributed by atoms with E-state index in [0.29, 0.717) is 21.0 Å². The Morgan fingerprint density at radius 1 is 1.35 bits per heavy atom. The standard InChI is InChI=1S/C18H12N4O3S/c1-2-9-21-17(23)14-5-3-4-6-15(14)20-18(21)26-16-8-7-13(22(24)25)10-12(16)11-19/h2-8,10H,1,9H2. The SMILES string of the molecule is C=CCn1c(Sc2ccc([N+](=O)[O-])cc2C#N)nc2ccccc2c1=O. The van der Waals surface area contributed by atoms with Crippen LogP contribution in [0.2, 0.25) is 0 Å². The molecular formula is C18H12N4O3S. The van der Waals surface area contributed by atoms with Crippen molar-refractivity contribution in [2.24, 2.45) is 0 Å². The van der Waals surface area contributed by atoms with E-state index in [4.69, 9.17) is 0 Å². The molecule has 1 aromatic heterocycles. The van der Waals surface area contributed by atoms with Crippen LogP contribution < -0.4 is 5.56 Å². The van der Waals surface area contributed by atoms with Crippen molar-refractivity contribution in [3.63, 3.8) is 0 Å². The molecule has 3 aromatic rings. The lowest BCUT2D eigenvalue weighted by atomic mass is 10.2. The molecule has 128 valence electrons. The number of allylic oxidation sites excluding steroid dienone is 1. The van der Waals surface area contributed by atoms with Crippen LogP contribution in [-0.4, -0.2) is 14.5 Å². The van der Waals surface area contributed by atoms with Crippen molar-refractivity contribution in [2.45, 2.75) is 16.6 Å². The van der Waals surface area contributed by atoms with E-state index in [0.717, 1.165) is 11.8 Å². The third-order valence-electron chi connectivity index (χ3n) is 3.63. The predicted octanol–water partition coefficient (Wildman–Crippen LogP) is 3.51. The largest absolute Gasteiger partial charge is 0.283 e. The molecule has 0 N–H and O–H groups in total. The van der Waals surface area contributed by atoms with Gasteiger partial charge in [0, 0.05) is 23.6 Å². The highest BCUT2D eigenvalue weighted by Gasteiger charge is 2.16. The van der Waals surface area contributed by atoms with Crippen LogP contribution in [-0.2, 0) is 6.54 Å². The minimum absolute atomic E-state index is 0.150. The number of fused-ring (bicyclic) bond motifs is 1. The Bertz CT molecular complexity index is 1130. The van der Waals surface area contributed by atoms with Crippen LogP contribution in [0.3, 0.4) is 0 Å². The lowest BCUT2D eigenvalue weighted by Crippen LogP contribution is -2.22. The van der Waals surface area contributed by atoms with Crippen molar-refractivity contribution in [1.82, 2.24) is 9.55 Å². The zero-order chi connectivity index (χ0) is 18.7. The highest BCUT2D eigenvalue weighted by molar-refractivity contribution is 7.99. The average Bonchev–Trinajstić information content (AvgIpc) is 2.65. The molecule has 0 radical (unpaired) electrons. The highest BCUT2D eigenvalue weighted by atomic mass is 32.2. The van der Waals surface area contributed by atoms with Gasteiger partial charge in [-0.2, -0.15) is 5.26 Å². The second-order valence-electron chi connectivity index (χ2n) is 5.27. The average molecular weight is 364 g/mol. The fraction of sp³-hybridized carbons (Fsp3) is 0.0556. The van der Waals surface area contributed by atoms with E-state index in [1.807, 2.05) is 6.07 Å². The number of nitro groups is 1. The lowest BCUT2D eigenvalue weighted by molar-refractivity contribution is -0.384. The van der Waals surface area contributed by atoms with Crippen LogP contribution in [0.25, 0.3) is 10.9 Å². The Morgan fingerprint density at radius 3 is 2.81 bits per heavy atom. The molecule has 0 saturated heterocycles. The van der Waals surface area contributed by atoms with Gasteiger partial charge in [0.15, 0.2) is 5.16 Å². The summed E-state index contributed by atoms with van der Waals surface area (Å²) >= 11 is 1.11.